The van der Waals surface area contributed by atoms with Crippen molar-refractivity contribution in [1.82, 2.24) is 9.88 Å². The van der Waals surface area contributed by atoms with Crippen molar-refractivity contribution >= 4 is 29.1 Å². The Morgan fingerprint density at radius 3 is 2.79 bits per heavy atom. The predicted molar refractivity (Wildman–Crippen MR) is 130 cm³/mol. The summed E-state index contributed by atoms with van der Waals surface area (Å²) in [6.07, 6.45) is 9.32. The minimum atomic E-state index is -0.0152. The Morgan fingerprint density at radius 1 is 1.24 bits per heavy atom. The van der Waals surface area contributed by atoms with Gasteiger partial charge in [-0.1, -0.05) is 25.4 Å². The summed E-state index contributed by atoms with van der Waals surface area (Å²) in [5, 5.41) is 3.99. The summed E-state index contributed by atoms with van der Waals surface area (Å²) in [6.45, 7) is 6.72. The number of allylic oxidation sites excluding steroid dienone is 2. The highest BCUT2D eigenvalue weighted by atomic mass is 35.5. The van der Waals surface area contributed by atoms with Crippen LogP contribution in [0, 0.1) is 41.4 Å². The molecule has 1 saturated heterocycles. The van der Waals surface area contributed by atoms with E-state index in [1.807, 2.05) is 31.0 Å². The van der Waals surface area contributed by atoms with E-state index in [1.54, 1.807) is 6.20 Å². The van der Waals surface area contributed by atoms with E-state index in [9.17, 15) is 9.59 Å². The number of hydrogen-bond acceptors (Lipinski definition) is 3. The van der Waals surface area contributed by atoms with Crippen LogP contribution in [0.3, 0.4) is 0 Å². The number of rotatable bonds is 3. The maximum atomic E-state index is 12.9. The molecule has 6 atom stereocenters. The summed E-state index contributed by atoms with van der Waals surface area (Å²) in [6, 6.07) is 3.78. The number of aromatic nitrogens is 1. The van der Waals surface area contributed by atoms with Gasteiger partial charge >= 0.3 is 0 Å². The van der Waals surface area contributed by atoms with Gasteiger partial charge in [0.25, 0.3) is 0 Å². The molecule has 4 aliphatic rings. The lowest BCUT2D eigenvalue weighted by atomic mass is 9.49. The number of nitrogens with zero attached hydrogens (tertiary/aromatic N) is 2. The highest BCUT2D eigenvalue weighted by molar-refractivity contribution is 6.30. The normalized spacial score (nSPS) is 38.0. The maximum absolute atomic E-state index is 12.9. The minimum absolute atomic E-state index is 0.0152. The molecule has 1 aromatic rings. The fourth-order valence-corrected chi connectivity index (χ4v) is 8.70. The van der Waals surface area contributed by atoms with Crippen LogP contribution in [-0.4, -0.2) is 28.7 Å². The topological polar surface area (TPSA) is 62.3 Å². The van der Waals surface area contributed by atoms with Crippen molar-refractivity contribution in [3.63, 3.8) is 0 Å². The number of aryl methyl sites for hydroxylation is 1. The van der Waals surface area contributed by atoms with Gasteiger partial charge < -0.3 is 10.2 Å². The second-order valence-corrected chi connectivity index (χ2v) is 11.9. The molecular formula is C27H36ClN3O2. The molecular weight excluding hydrogens is 434 g/mol. The third kappa shape index (κ3) is 3.62. The molecule has 2 saturated carbocycles. The molecule has 1 aromatic heterocycles. The van der Waals surface area contributed by atoms with Gasteiger partial charge in [-0.05, 0) is 86.7 Å². The fourth-order valence-electron chi connectivity index (χ4n) is 8.18. The second-order valence-electron chi connectivity index (χ2n) is 11.5. The van der Waals surface area contributed by atoms with Gasteiger partial charge in [0.15, 0.2) is 0 Å². The van der Waals surface area contributed by atoms with Crippen LogP contribution in [0.5, 0.6) is 0 Å². The van der Waals surface area contributed by atoms with Crippen molar-refractivity contribution < 1.29 is 9.59 Å². The molecule has 178 valence electrons. The van der Waals surface area contributed by atoms with Gasteiger partial charge in [-0.15, -0.1) is 0 Å². The Hall–Kier alpha value is -1.88. The van der Waals surface area contributed by atoms with Crippen LogP contribution in [0.25, 0.3) is 0 Å². The summed E-state index contributed by atoms with van der Waals surface area (Å²) in [4.78, 5) is 31.4. The molecule has 0 spiro atoms. The molecule has 5 nitrogen and oxygen atoms in total. The number of nitrogens with one attached hydrogen (secondary N) is 1. The quantitative estimate of drug-likeness (QED) is 0.600. The number of anilines is 1. The van der Waals surface area contributed by atoms with Crippen LogP contribution in [0.4, 0.5) is 5.69 Å². The smallest absolute Gasteiger partial charge is 0.226 e. The largest absolute Gasteiger partial charge is 0.326 e. The van der Waals surface area contributed by atoms with Gasteiger partial charge in [0.1, 0.15) is 0 Å². The van der Waals surface area contributed by atoms with Crippen LogP contribution in [0.2, 0.25) is 0 Å². The zero-order valence-electron chi connectivity index (χ0n) is 20.3. The van der Waals surface area contributed by atoms with Crippen molar-refractivity contribution in [3.8, 4) is 0 Å². The highest BCUT2D eigenvalue weighted by Crippen LogP contribution is 2.67. The Labute approximate surface area is 202 Å². The lowest BCUT2D eigenvalue weighted by Gasteiger charge is -2.59. The Balaban J connectivity index is 1.35. The number of piperidine rings is 1. The van der Waals surface area contributed by atoms with Crippen LogP contribution >= 0.6 is 11.6 Å². The van der Waals surface area contributed by atoms with Crippen LogP contribution in [-0.2, 0) is 9.59 Å². The monoisotopic (exact) mass is 469 g/mol. The number of carbonyl (C=O) groups is 2. The van der Waals surface area contributed by atoms with Crippen molar-refractivity contribution in [2.45, 2.75) is 72.1 Å². The van der Waals surface area contributed by atoms with Crippen LogP contribution < -0.4 is 5.32 Å². The zero-order valence-corrected chi connectivity index (χ0v) is 21.0. The summed E-state index contributed by atoms with van der Waals surface area (Å²) in [5.41, 5.74) is 2.99. The first kappa shape index (κ1) is 22.9. The molecule has 33 heavy (non-hydrogen) atoms. The Bertz CT molecular complexity index is 1020. The Kier molecular flexibility index (Phi) is 5.63. The van der Waals surface area contributed by atoms with Crippen molar-refractivity contribution in [1.29, 1.82) is 0 Å². The number of amides is 2. The second kappa shape index (κ2) is 8.11. The van der Waals surface area contributed by atoms with Gasteiger partial charge in [0, 0.05) is 53.6 Å². The number of halogens is 1. The molecule has 2 heterocycles. The first-order chi connectivity index (χ1) is 15.6. The lowest BCUT2D eigenvalue weighted by Crippen LogP contribution is -2.54. The first-order valence-corrected chi connectivity index (χ1v) is 12.9. The van der Waals surface area contributed by atoms with E-state index < -0.39 is 0 Å². The van der Waals surface area contributed by atoms with Gasteiger partial charge in [-0.2, -0.15) is 0 Å². The predicted octanol–water partition coefficient (Wildman–Crippen LogP) is 5.89. The van der Waals surface area contributed by atoms with E-state index in [4.69, 9.17) is 11.6 Å². The summed E-state index contributed by atoms with van der Waals surface area (Å²) >= 11 is 6.94. The maximum Gasteiger partial charge on any atom is 0.226 e. The van der Waals surface area contributed by atoms with Crippen molar-refractivity contribution in [2.24, 2.45) is 34.5 Å². The zero-order chi connectivity index (χ0) is 23.5. The first-order valence-electron chi connectivity index (χ1n) is 12.5. The number of carbonyl (C=O) groups excluding carboxylic acids is 2. The molecule has 2 amide bonds. The summed E-state index contributed by atoms with van der Waals surface area (Å²) in [7, 11) is 1.90. The van der Waals surface area contributed by atoms with Gasteiger partial charge in [0.2, 0.25) is 11.8 Å². The van der Waals surface area contributed by atoms with E-state index >= 15 is 0 Å². The van der Waals surface area contributed by atoms with Crippen LogP contribution in [0.15, 0.2) is 29.1 Å². The number of likely N-dealkylation sites (tertiary alicyclic amines) is 1. The third-order valence-corrected chi connectivity index (χ3v) is 10.2. The highest BCUT2D eigenvalue weighted by Gasteiger charge is 2.60. The van der Waals surface area contributed by atoms with Crippen LogP contribution in [0.1, 0.15) is 70.9 Å². The number of pyridine rings is 1. The average Bonchev–Trinajstić information content (AvgIpc) is 3.07. The van der Waals surface area contributed by atoms with Gasteiger partial charge in [0.05, 0.1) is 0 Å². The van der Waals surface area contributed by atoms with Crippen molar-refractivity contribution in [2.75, 3.05) is 12.4 Å². The molecule has 0 aromatic carbocycles. The van der Waals surface area contributed by atoms with E-state index in [-0.39, 0.29) is 22.6 Å². The molecule has 1 aliphatic heterocycles. The van der Waals surface area contributed by atoms with Gasteiger partial charge in [-0.3, -0.25) is 14.6 Å². The average molecular weight is 470 g/mol. The van der Waals surface area contributed by atoms with E-state index in [1.165, 1.54) is 6.42 Å². The standard InChI is InChI=1S/C27H36ClN3O2/c1-16-13-18(9-12-29-16)30-23(32)14-17-5-6-20-19-15-22(28)25-27(3,11-8-24(33)31(25)4)21(19)7-10-26(17,20)2/h9,12-13,17,19-21H,5-8,10-11,14-15H2,1-4H3,(H,29,30,32)/t17-,19+,20+,21+,26-,27-/m1/s1. The molecule has 0 unspecified atom stereocenters. The van der Waals surface area contributed by atoms with E-state index in [0.29, 0.717) is 36.5 Å². The molecule has 5 rings (SSSR count). The molecule has 3 fully saturated rings. The molecule has 3 aliphatic carbocycles. The molecule has 0 bridgehead atoms. The van der Waals surface area contributed by atoms with Gasteiger partial charge in [-0.25, -0.2) is 0 Å². The van der Waals surface area contributed by atoms with Crippen molar-refractivity contribution in [3.05, 3.63) is 34.8 Å². The molecule has 0 radical (unpaired) electrons. The molecule has 6 heteroatoms. The molecule has 1 N–H and O–H groups in total. The SMILES string of the molecule is Cc1cc(NC(=O)C[C@H]2CC[C@H]3[C@@H]4CC(Cl)=C5N(C)C(=O)CC[C@]5(C)[C@H]4CC[C@]23C)ccn1. The van der Waals surface area contributed by atoms with E-state index in [2.05, 4.69) is 24.1 Å². The third-order valence-electron chi connectivity index (χ3n) is 9.84. The van der Waals surface area contributed by atoms with E-state index in [0.717, 1.165) is 54.2 Å². The minimum Gasteiger partial charge on any atom is -0.326 e. The number of hydrogen-bond donors (Lipinski definition) is 1. The number of fused-ring (bicyclic) bond motifs is 5. The lowest BCUT2D eigenvalue weighted by molar-refractivity contribution is -0.136. The summed E-state index contributed by atoms with van der Waals surface area (Å²) < 4.78 is 0. The Morgan fingerprint density at radius 2 is 2.03 bits per heavy atom. The fraction of sp³-hybridized carbons (Fsp3) is 0.667. The summed E-state index contributed by atoms with van der Waals surface area (Å²) in [5.74, 6) is 2.40.